The Morgan fingerprint density at radius 3 is 2.75 bits per heavy atom. The molecule has 1 heterocycles. The van der Waals surface area contributed by atoms with Gasteiger partial charge in [0.2, 0.25) is 5.89 Å². The molecule has 0 amide bonds. The third kappa shape index (κ3) is 1.92. The number of rotatable bonds is 3. The molecule has 0 spiro atoms. The number of nitrogens with two attached hydrogens (primary N) is 1. The number of aromatic nitrogens is 1. The first-order chi connectivity index (χ1) is 7.72. The van der Waals surface area contributed by atoms with Crippen molar-refractivity contribution in [1.82, 2.24) is 4.98 Å². The van der Waals surface area contributed by atoms with Gasteiger partial charge in [0.05, 0.1) is 13.2 Å². The van der Waals surface area contributed by atoms with Gasteiger partial charge in [-0.1, -0.05) is 12.1 Å². The van der Waals surface area contributed by atoms with E-state index in [4.69, 9.17) is 14.9 Å². The van der Waals surface area contributed by atoms with Crippen molar-refractivity contribution in [2.45, 2.75) is 13.0 Å². The normalized spacial score (nSPS) is 12.4. The highest BCUT2D eigenvalue weighted by molar-refractivity contribution is 5.66. The maximum Gasteiger partial charge on any atom is 0.211 e. The molecule has 84 valence electrons. The summed E-state index contributed by atoms with van der Waals surface area (Å²) in [4.78, 5) is 4.32. The zero-order valence-electron chi connectivity index (χ0n) is 9.31. The minimum absolute atomic E-state index is 0.205. The monoisotopic (exact) mass is 218 g/mol. The molecule has 0 saturated carbocycles. The summed E-state index contributed by atoms with van der Waals surface area (Å²) in [5.74, 6) is 1.30. The van der Waals surface area contributed by atoms with E-state index in [0.29, 0.717) is 5.89 Å². The first kappa shape index (κ1) is 10.7. The van der Waals surface area contributed by atoms with Gasteiger partial charge in [-0.05, 0) is 19.1 Å². The molecule has 4 heteroatoms. The van der Waals surface area contributed by atoms with Crippen LogP contribution in [0.3, 0.4) is 0 Å². The van der Waals surface area contributed by atoms with Gasteiger partial charge in [0, 0.05) is 5.56 Å². The van der Waals surface area contributed by atoms with E-state index in [-0.39, 0.29) is 6.04 Å². The minimum atomic E-state index is -0.205. The first-order valence-electron chi connectivity index (χ1n) is 5.06. The summed E-state index contributed by atoms with van der Waals surface area (Å²) in [5.41, 5.74) is 7.33. The van der Waals surface area contributed by atoms with Gasteiger partial charge in [-0.15, -0.1) is 0 Å². The van der Waals surface area contributed by atoms with Gasteiger partial charge in [0.1, 0.15) is 17.7 Å². The topological polar surface area (TPSA) is 61.3 Å². The smallest absolute Gasteiger partial charge is 0.211 e. The second-order valence-corrected chi connectivity index (χ2v) is 3.56. The lowest BCUT2D eigenvalue weighted by molar-refractivity contribution is 0.416. The van der Waals surface area contributed by atoms with Crippen molar-refractivity contribution in [3.05, 3.63) is 36.4 Å². The zero-order chi connectivity index (χ0) is 11.5. The van der Waals surface area contributed by atoms with Crippen molar-refractivity contribution < 1.29 is 9.15 Å². The summed E-state index contributed by atoms with van der Waals surface area (Å²) in [7, 11) is 1.63. The fraction of sp³-hybridized carbons (Fsp3) is 0.250. The van der Waals surface area contributed by atoms with Gasteiger partial charge >= 0.3 is 0 Å². The molecule has 1 aromatic heterocycles. The van der Waals surface area contributed by atoms with Crippen LogP contribution < -0.4 is 10.5 Å². The Bertz CT molecular complexity index is 477. The van der Waals surface area contributed by atoms with Crippen LogP contribution in [0, 0.1) is 0 Å². The molecule has 0 aliphatic heterocycles. The molecular weight excluding hydrogens is 204 g/mol. The van der Waals surface area contributed by atoms with E-state index in [1.165, 1.54) is 0 Å². The van der Waals surface area contributed by atoms with Crippen molar-refractivity contribution >= 4 is 0 Å². The molecule has 1 atom stereocenters. The average Bonchev–Trinajstić information content (AvgIpc) is 2.78. The average molecular weight is 218 g/mol. The van der Waals surface area contributed by atoms with E-state index in [1.54, 1.807) is 13.4 Å². The Morgan fingerprint density at radius 2 is 2.12 bits per heavy atom. The van der Waals surface area contributed by atoms with Gasteiger partial charge in [0.25, 0.3) is 0 Å². The molecule has 2 N–H and O–H groups in total. The molecule has 0 aliphatic rings. The Labute approximate surface area is 94.1 Å². The van der Waals surface area contributed by atoms with Crippen LogP contribution in [-0.2, 0) is 0 Å². The summed E-state index contributed by atoms with van der Waals surface area (Å²) in [6, 6.07) is 7.45. The van der Waals surface area contributed by atoms with Crippen LogP contribution in [0.4, 0.5) is 0 Å². The Hall–Kier alpha value is -1.81. The van der Waals surface area contributed by atoms with Gasteiger partial charge in [-0.25, -0.2) is 4.98 Å². The van der Waals surface area contributed by atoms with Crippen molar-refractivity contribution in [3.8, 4) is 17.0 Å². The number of hydrogen-bond donors (Lipinski definition) is 1. The van der Waals surface area contributed by atoms with Crippen LogP contribution in [0.5, 0.6) is 5.75 Å². The highest BCUT2D eigenvalue weighted by Gasteiger charge is 2.12. The van der Waals surface area contributed by atoms with E-state index < -0.39 is 0 Å². The van der Waals surface area contributed by atoms with E-state index in [9.17, 15) is 0 Å². The van der Waals surface area contributed by atoms with Crippen molar-refractivity contribution in [1.29, 1.82) is 0 Å². The molecule has 2 aromatic rings. The Balaban J connectivity index is 2.42. The fourth-order valence-electron chi connectivity index (χ4n) is 1.48. The second-order valence-electron chi connectivity index (χ2n) is 3.56. The van der Waals surface area contributed by atoms with Crippen LogP contribution in [-0.4, -0.2) is 12.1 Å². The fourth-order valence-corrected chi connectivity index (χ4v) is 1.48. The predicted octanol–water partition coefficient (Wildman–Crippen LogP) is 2.37. The molecule has 16 heavy (non-hydrogen) atoms. The quantitative estimate of drug-likeness (QED) is 0.859. The Morgan fingerprint density at radius 1 is 1.38 bits per heavy atom. The number of methoxy groups -OCH3 is 1. The number of ether oxygens (including phenoxy) is 1. The van der Waals surface area contributed by atoms with Crippen LogP contribution in [0.1, 0.15) is 18.9 Å². The highest BCUT2D eigenvalue weighted by Crippen LogP contribution is 2.29. The van der Waals surface area contributed by atoms with Gasteiger partial charge in [0.15, 0.2) is 0 Å². The standard InChI is InChI=1S/C12H14N2O2/c1-8(13)12-14-10(7-16-12)9-5-3-4-6-11(9)15-2/h3-8H,13H2,1-2H3. The molecule has 0 radical (unpaired) electrons. The number of oxazole rings is 1. The van der Waals surface area contributed by atoms with E-state index in [2.05, 4.69) is 4.98 Å². The van der Waals surface area contributed by atoms with E-state index in [1.807, 2.05) is 31.2 Å². The van der Waals surface area contributed by atoms with Gasteiger partial charge in [-0.3, -0.25) is 0 Å². The molecule has 4 nitrogen and oxygen atoms in total. The maximum absolute atomic E-state index is 5.69. The largest absolute Gasteiger partial charge is 0.496 e. The number of hydrogen-bond acceptors (Lipinski definition) is 4. The van der Waals surface area contributed by atoms with Crippen LogP contribution in [0.15, 0.2) is 34.9 Å². The number of nitrogens with zero attached hydrogens (tertiary/aromatic N) is 1. The molecule has 2 rings (SSSR count). The molecule has 1 aromatic carbocycles. The molecule has 0 aliphatic carbocycles. The van der Waals surface area contributed by atoms with Crippen LogP contribution in [0.25, 0.3) is 11.3 Å². The second kappa shape index (κ2) is 4.37. The van der Waals surface area contributed by atoms with Crippen LogP contribution >= 0.6 is 0 Å². The number of para-hydroxylation sites is 1. The minimum Gasteiger partial charge on any atom is -0.496 e. The third-order valence-electron chi connectivity index (χ3n) is 2.29. The molecule has 0 bridgehead atoms. The summed E-state index contributed by atoms with van der Waals surface area (Å²) in [6.45, 7) is 1.83. The first-order valence-corrected chi connectivity index (χ1v) is 5.06. The van der Waals surface area contributed by atoms with Gasteiger partial charge in [-0.2, -0.15) is 0 Å². The van der Waals surface area contributed by atoms with Gasteiger partial charge < -0.3 is 14.9 Å². The maximum atomic E-state index is 5.69. The number of benzene rings is 1. The summed E-state index contributed by atoms with van der Waals surface area (Å²) in [5, 5.41) is 0. The predicted molar refractivity (Wildman–Crippen MR) is 61.1 cm³/mol. The van der Waals surface area contributed by atoms with E-state index in [0.717, 1.165) is 17.0 Å². The molecule has 1 unspecified atom stereocenters. The van der Waals surface area contributed by atoms with Crippen molar-refractivity contribution in [3.63, 3.8) is 0 Å². The SMILES string of the molecule is COc1ccccc1-c1coc(C(C)N)n1. The van der Waals surface area contributed by atoms with E-state index >= 15 is 0 Å². The zero-order valence-corrected chi connectivity index (χ0v) is 9.31. The van der Waals surface area contributed by atoms with Crippen molar-refractivity contribution in [2.75, 3.05) is 7.11 Å². The van der Waals surface area contributed by atoms with Crippen LogP contribution in [0.2, 0.25) is 0 Å². The van der Waals surface area contributed by atoms with Crippen molar-refractivity contribution in [2.24, 2.45) is 5.73 Å². The lowest BCUT2D eigenvalue weighted by Crippen LogP contribution is -2.04. The molecular formula is C12H14N2O2. The molecule has 0 saturated heterocycles. The lowest BCUT2D eigenvalue weighted by atomic mass is 10.1. The Kier molecular flexibility index (Phi) is 2.92. The summed E-state index contributed by atoms with van der Waals surface area (Å²) < 4.78 is 10.5. The third-order valence-corrected chi connectivity index (χ3v) is 2.29. The molecule has 0 fully saturated rings. The summed E-state index contributed by atoms with van der Waals surface area (Å²) >= 11 is 0. The summed E-state index contributed by atoms with van der Waals surface area (Å²) in [6.07, 6.45) is 1.59. The lowest BCUT2D eigenvalue weighted by Gasteiger charge is -2.04. The highest BCUT2D eigenvalue weighted by atomic mass is 16.5.